The minimum atomic E-state index is -0.265. The minimum absolute atomic E-state index is 0.253. The molecule has 0 aliphatic carbocycles. The van der Waals surface area contributed by atoms with E-state index in [9.17, 15) is 4.79 Å². The molecule has 8 heteroatoms. The summed E-state index contributed by atoms with van der Waals surface area (Å²) in [6.45, 7) is 0.522. The minimum Gasteiger partial charge on any atom is -0.350 e. The molecule has 2 rings (SSSR count). The van der Waals surface area contributed by atoms with Crippen molar-refractivity contribution in [3.8, 4) is 0 Å². The molecular weight excluding hydrogens is 286 g/mol. The fraction of sp³-hybridized carbons (Fsp3) is 0.182. The van der Waals surface area contributed by atoms with Crippen LogP contribution in [-0.2, 0) is 6.42 Å². The molecule has 0 unspecified atom stereocenters. The Hall–Kier alpha value is -1.70. The van der Waals surface area contributed by atoms with E-state index in [4.69, 9.17) is 17.4 Å². The molecule has 1 amide bonds. The van der Waals surface area contributed by atoms with E-state index in [1.165, 1.54) is 23.7 Å². The molecule has 2 aromatic heterocycles. The van der Waals surface area contributed by atoms with Crippen LogP contribution in [0.1, 0.15) is 15.4 Å². The number of hydrogen-bond acceptors (Lipinski definition) is 6. The van der Waals surface area contributed by atoms with Gasteiger partial charge in [0.1, 0.15) is 5.69 Å². The summed E-state index contributed by atoms with van der Waals surface area (Å²) in [5.74, 6) is 5.30. The number of nitrogens with zero attached hydrogens (tertiary/aromatic N) is 2. The van der Waals surface area contributed by atoms with Gasteiger partial charge in [-0.2, -0.15) is 0 Å². The number of rotatable bonds is 5. The average molecular weight is 298 g/mol. The van der Waals surface area contributed by atoms with Crippen LogP contribution in [0.15, 0.2) is 24.5 Å². The van der Waals surface area contributed by atoms with Crippen molar-refractivity contribution in [2.75, 3.05) is 12.0 Å². The van der Waals surface area contributed by atoms with E-state index in [1.807, 2.05) is 12.1 Å². The Labute approximate surface area is 119 Å². The van der Waals surface area contributed by atoms with Crippen LogP contribution in [0.3, 0.4) is 0 Å². The molecule has 0 aliphatic rings. The van der Waals surface area contributed by atoms with Crippen molar-refractivity contribution in [1.29, 1.82) is 0 Å². The molecule has 0 spiro atoms. The van der Waals surface area contributed by atoms with Crippen molar-refractivity contribution in [2.24, 2.45) is 5.84 Å². The number of amides is 1. The van der Waals surface area contributed by atoms with Gasteiger partial charge in [-0.15, -0.1) is 11.3 Å². The summed E-state index contributed by atoms with van der Waals surface area (Å²) >= 11 is 7.33. The first kappa shape index (κ1) is 13.7. The highest BCUT2D eigenvalue weighted by molar-refractivity contribution is 7.16. The average Bonchev–Trinajstić information content (AvgIpc) is 2.84. The zero-order valence-electron chi connectivity index (χ0n) is 9.89. The Kier molecular flexibility index (Phi) is 4.67. The largest absolute Gasteiger partial charge is 0.350 e. The molecule has 0 saturated carbocycles. The van der Waals surface area contributed by atoms with Crippen molar-refractivity contribution in [2.45, 2.75) is 6.42 Å². The standard InChI is InChI=1S/C11H12ClN5OS/c12-9-2-1-7(19-9)3-4-14-11(18)8-5-16-10(17-13)6-15-8/h1-2,5-6H,3-4,13H2,(H,14,18)(H,16,17). The Bertz CT molecular complexity index is 556. The normalized spacial score (nSPS) is 10.2. The second kappa shape index (κ2) is 6.46. The molecule has 0 radical (unpaired) electrons. The van der Waals surface area contributed by atoms with Crippen LogP contribution in [0.25, 0.3) is 0 Å². The lowest BCUT2D eigenvalue weighted by Crippen LogP contribution is -2.26. The van der Waals surface area contributed by atoms with E-state index < -0.39 is 0 Å². The summed E-state index contributed by atoms with van der Waals surface area (Å²) in [6, 6.07) is 3.79. The lowest BCUT2D eigenvalue weighted by atomic mass is 10.3. The number of halogens is 1. The van der Waals surface area contributed by atoms with Gasteiger partial charge in [0.25, 0.3) is 5.91 Å². The molecule has 0 aromatic carbocycles. The van der Waals surface area contributed by atoms with Crippen LogP contribution < -0.4 is 16.6 Å². The van der Waals surface area contributed by atoms with Crippen molar-refractivity contribution in [1.82, 2.24) is 15.3 Å². The van der Waals surface area contributed by atoms with Gasteiger partial charge in [0.15, 0.2) is 5.82 Å². The fourth-order valence-corrected chi connectivity index (χ4v) is 2.48. The Balaban J connectivity index is 1.83. The highest BCUT2D eigenvalue weighted by Gasteiger charge is 2.07. The van der Waals surface area contributed by atoms with E-state index in [2.05, 4.69) is 20.7 Å². The van der Waals surface area contributed by atoms with Gasteiger partial charge >= 0.3 is 0 Å². The maximum absolute atomic E-state index is 11.8. The van der Waals surface area contributed by atoms with Crippen molar-refractivity contribution >= 4 is 34.7 Å². The Morgan fingerprint density at radius 3 is 2.79 bits per heavy atom. The lowest BCUT2D eigenvalue weighted by Gasteiger charge is -2.04. The predicted octanol–water partition coefficient (Wildman–Crippen LogP) is 1.45. The summed E-state index contributed by atoms with van der Waals surface area (Å²) in [7, 11) is 0. The summed E-state index contributed by atoms with van der Waals surface area (Å²) in [6.07, 6.45) is 3.50. The maximum atomic E-state index is 11.8. The summed E-state index contributed by atoms with van der Waals surface area (Å²) < 4.78 is 0.747. The van der Waals surface area contributed by atoms with E-state index >= 15 is 0 Å². The number of nitrogens with two attached hydrogens (primary N) is 1. The first-order chi connectivity index (χ1) is 9.19. The Morgan fingerprint density at radius 2 is 2.21 bits per heavy atom. The number of hydrazine groups is 1. The number of anilines is 1. The summed E-state index contributed by atoms with van der Waals surface area (Å²) in [5.41, 5.74) is 2.60. The van der Waals surface area contributed by atoms with Crippen molar-refractivity contribution in [3.63, 3.8) is 0 Å². The molecule has 2 aromatic rings. The van der Waals surface area contributed by atoms with Crippen molar-refractivity contribution < 1.29 is 4.79 Å². The van der Waals surface area contributed by atoms with Crippen LogP contribution in [0.5, 0.6) is 0 Å². The van der Waals surface area contributed by atoms with Crippen LogP contribution in [0, 0.1) is 0 Å². The number of hydrogen-bond donors (Lipinski definition) is 3. The van der Waals surface area contributed by atoms with Gasteiger partial charge in [0.2, 0.25) is 0 Å². The number of nitrogens with one attached hydrogen (secondary N) is 2. The maximum Gasteiger partial charge on any atom is 0.271 e. The van der Waals surface area contributed by atoms with Crippen LogP contribution in [0.4, 0.5) is 5.82 Å². The number of aromatic nitrogens is 2. The zero-order chi connectivity index (χ0) is 13.7. The number of carbonyl (C=O) groups is 1. The molecule has 0 saturated heterocycles. The third-order valence-corrected chi connectivity index (χ3v) is 3.61. The molecule has 0 fully saturated rings. The van der Waals surface area contributed by atoms with Crippen LogP contribution in [0.2, 0.25) is 4.34 Å². The molecule has 100 valence electrons. The van der Waals surface area contributed by atoms with E-state index in [1.54, 1.807) is 0 Å². The molecule has 2 heterocycles. The lowest BCUT2D eigenvalue weighted by molar-refractivity contribution is 0.0949. The first-order valence-electron chi connectivity index (χ1n) is 5.50. The van der Waals surface area contributed by atoms with Gasteiger partial charge in [0, 0.05) is 11.4 Å². The number of carbonyl (C=O) groups excluding carboxylic acids is 1. The second-order valence-corrected chi connectivity index (χ2v) is 5.44. The molecule has 4 N–H and O–H groups in total. The Morgan fingerprint density at radius 1 is 1.37 bits per heavy atom. The van der Waals surface area contributed by atoms with Crippen LogP contribution >= 0.6 is 22.9 Å². The smallest absolute Gasteiger partial charge is 0.271 e. The summed E-state index contributed by atoms with van der Waals surface area (Å²) in [4.78, 5) is 20.7. The van der Waals surface area contributed by atoms with Crippen LogP contribution in [-0.4, -0.2) is 22.4 Å². The number of nitrogen functional groups attached to an aromatic ring is 1. The monoisotopic (exact) mass is 297 g/mol. The van der Waals surface area contributed by atoms with Gasteiger partial charge in [-0.25, -0.2) is 15.8 Å². The van der Waals surface area contributed by atoms with Gasteiger partial charge in [0.05, 0.1) is 16.7 Å². The van der Waals surface area contributed by atoms with Gasteiger partial charge in [-0.3, -0.25) is 4.79 Å². The highest BCUT2D eigenvalue weighted by Crippen LogP contribution is 2.21. The first-order valence-corrected chi connectivity index (χ1v) is 6.69. The summed E-state index contributed by atoms with van der Waals surface area (Å²) in [5, 5.41) is 2.76. The molecule has 6 nitrogen and oxygen atoms in total. The molecule has 19 heavy (non-hydrogen) atoms. The van der Waals surface area contributed by atoms with Gasteiger partial charge < -0.3 is 10.7 Å². The molecular formula is C11H12ClN5OS. The van der Waals surface area contributed by atoms with E-state index in [0.717, 1.165) is 15.6 Å². The molecule has 0 bridgehead atoms. The topological polar surface area (TPSA) is 92.9 Å². The zero-order valence-corrected chi connectivity index (χ0v) is 11.5. The third-order valence-electron chi connectivity index (χ3n) is 2.32. The van der Waals surface area contributed by atoms with Gasteiger partial charge in [-0.05, 0) is 18.6 Å². The fourth-order valence-electron chi connectivity index (χ4n) is 1.40. The molecule has 0 atom stereocenters. The van der Waals surface area contributed by atoms with Crippen molar-refractivity contribution in [3.05, 3.63) is 39.4 Å². The van der Waals surface area contributed by atoms with E-state index in [-0.39, 0.29) is 11.6 Å². The SMILES string of the molecule is NNc1cnc(C(=O)NCCc2ccc(Cl)s2)cn1. The van der Waals surface area contributed by atoms with E-state index in [0.29, 0.717) is 12.4 Å². The highest BCUT2D eigenvalue weighted by atomic mass is 35.5. The molecule has 0 aliphatic heterocycles. The quantitative estimate of drug-likeness (QED) is 0.574. The van der Waals surface area contributed by atoms with Gasteiger partial charge in [-0.1, -0.05) is 11.6 Å². The predicted molar refractivity (Wildman–Crippen MR) is 75.2 cm³/mol. The third kappa shape index (κ3) is 3.88. The number of thiophene rings is 1. The second-order valence-electron chi connectivity index (χ2n) is 3.64.